The van der Waals surface area contributed by atoms with Crippen LogP contribution in [0.5, 0.6) is 17.2 Å². The van der Waals surface area contributed by atoms with Gasteiger partial charge in [0.25, 0.3) is 0 Å². The fraction of sp³-hybridized carbons (Fsp3) is 0.763. The van der Waals surface area contributed by atoms with Crippen LogP contribution in [0.15, 0.2) is 12.1 Å². The first-order chi connectivity index (χ1) is 39.9. The third kappa shape index (κ3) is 14.4. The van der Waals surface area contributed by atoms with Crippen molar-refractivity contribution < 1.29 is 126 Å². The van der Waals surface area contributed by atoms with E-state index in [1.807, 2.05) is 0 Å². The van der Waals surface area contributed by atoms with Gasteiger partial charge in [-0.15, -0.1) is 0 Å². The molecule has 5 fully saturated rings. The highest BCUT2D eigenvalue weighted by Crippen LogP contribution is 2.48. The Morgan fingerprint density at radius 3 is 1.80 bits per heavy atom. The van der Waals surface area contributed by atoms with Crippen molar-refractivity contribution in [3.05, 3.63) is 28.8 Å². The van der Waals surface area contributed by atoms with Crippen LogP contribution in [0.4, 0.5) is 0 Å². The maximum absolute atomic E-state index is 15.2. The Morgan fingerprint density at radius 2 is 1.24 bits per heavy atom. The third-order valence-electron chi connectivity index (χ3n) is 17.1. The molecule has 2 aromatic carbocycles. The van der Waals surface area contributed by atoms with Gasteiger partial charge in [0.1, 0.15) is 65.6 Å². The first kappa shape index (κ1) is 66.6. The van der Waals surface area contributed by atoms with Crippen LogP contribution in [0.3, 0.4) is 0 Å². The zero-order valence-electron chi connectivity index (χ0n) is 50.3. The van der Waals surface area contributed by atoms with Crippen LogP contribution in [0.25, 0.3) is 10.8 Å². The van der Waals surface area contributed by atoms with Gasteiger partial charge in [-0.1, -0.05) is 13.8 Å². The lowest BCUT2D eigenvalue weighted by Crippen LogP contribution is -2.59. The van der Waals surface area contributed by atoms with Crippen molar-refractivity contribution in [1.82, 2.24) is 0 Å². The molecule has 0 radical (unpaired) electrons. The SMILES string of the molecule is CO[C@@H]1[C@H](O)C[C@@H](O[C@@H]2C[C@H](Oc3cc4cc5c(c(O)c4c(O)c3C)C(=O)[C@@H](O[C@H]3C[C@@H](O[C@H]4C[C@@H](O[C@H]6C[C@](C)(O)[C@@H](OC(=O)C(C)C)[C@H](C)O6)[C@H](O)[C@@H](C)O4)[C@H](O)[C@@H](C)O3)C([C@H](OC)C(=O)[C@@H](O)[C@@H](C)O)C5)O[C@H](C)[C@@H]2OC(C)=O)O[C@@H]1C. The Hall–Kier alpha value is -4.30. The molecule has 26 heteroatoms. The zero-order chi connectivity index (χ0) is 62.4. The average molecular weight is 1210 g/mol. The van der Waals surface area contributed by atoms with Gasteiger partial charge in [-0.05, 0) is 84.9 Å². The first-order valence-corrected chi connectivity index (χ1v) is 29.1. The summed E-state index contributed by atoms with van der Waals surface area (Å²) in [5, 5.41) is 90.4. The number of benzene rings is 2. The van der Waals surface area contributed by atoms with Crippen LogP contribution in [-0.4, -0.2) is 225 Å². The highest BCUT2D eigenvalue weighted by molar-refractivity contribution is 6.11. The average Bonchev–Trinajstić information content (AvgIpc) is 1.54. The predicted octanol–water partition coefficient (Wildman–Crippen LogP) is 2.18. The van der Waals surface area contributed by atoms with Gasteiger partial charge >= 0.3 is 11.9 Å². The molecule has 5 aliphatic heterocycles. The molecule has 85 heavy (non-hydrogen) atoms. The van der Waals surface area contributed by atoms with Crippen molar-refractivity contribution in [2.24, 2.45) is 11.8 Å². The number of ketones is 2. The van der Waals surface area contributed by atoms with Gasteiger partial charge in [0, 0.05) is 64.7 Å². The van der Waals surface area contributed by atoms with Crippen molar-refractivity contribution in [2.75, 3.05) is 14.2 Å². The number of Topliss-reactive ketones (excluding diaryl/α,β-unsaturated/α-hetero) is 2. The number of phenolic OH excluding ortho intramolecular Hbond substituents is 2. The summed E-state index contributed by atoms with van der Waals surface area (Å²) in [5.74, 6) is -5.68. The van der Waals surface area contributed by atoms with Gasteiger partial charge in [0.15, 0.2) is 48.9 Å². The van der Waals surface area contributed by atoms with Gasteiger partial charge in [-0.3, -0.25) is 19.2 Å². The molecule has 0 bridgehead atoms. The molecule has 0 saturated carbocycles. The smallest absolute Gasteiger partial charge is 0.308 e. The zero-order valence-corrected chi connectivity index (χ0v) is 50.3. The van der Waals surface area contributed by atoms with Crippen LogP contribution in [-0.2, 0) is 82.4 Å². The Labute approximate surface area is 493 Å². The number of carbonyl (C=O) groups excluding carboxylic acids is 4. The number of aromatic hydroxyl groups is 2. The van der Waals surface area contributed by atoms with E-state index in [1.54, 1.807) is 41.5 Å². The second-order valence-electron chi connectivity index (χ2n) is 24.1. The van der Waals surface area contributed by atoms with Crippen LogP contribution in [0, 0.1) is 18.8 Å². The summed E-state index contributed by atoms with van der Waals surface area (Å²) in [6.07, 6.45) is -25.9. The van der Waals surface area contributed by atoms with Gasteiger partial charge in [-0.2, -0.15) is 0 Å². The lowest BCUT2D eigenvalue weighted by atomic mass is 9.75. The largest absolute Gasteiger partial charge is 0.507 e. The van der Waals surface area contributed by atoms with Gasteiger partial charge < -0.3 is 107 Å². The number of hydrogen-bond donors (Lipinski definition) is 8. The van der Waals surface area contributed by atoms with Crippen LogP contribution < -0.4 is 4.74 Å². The molecule has 0 spiro atoms. The minimum absolute atomic E-state index is 0.0255. The number of methoxy groups -OCH3 is 2. The van der Waals surface area contributed by atoms with Crippen LogP contribution in [0.2, 0.25) is 0 Å². The van der Waals surface area contributed by atoms with E-state index in [0.717, 1.165) is 0 Å². The molecule has 0 aromatic heterocycles. The Bertz CT molecular complexity index is 2670. The number of carbonyl (C=O) groups is 4. The molecule has 0 amide bonds. The Kier molecular flexibility index (Phi) is 21.3. The van der Waals surface area contributed by atoms with E-state index in [1.165, 1.54) is 61.0 Å². The summed E-state index contributed by atoms with van der Waals surface area (Å²) in [4.78, 5) is 53.9. The van der Waals surface area contributed by atoms with E-state index in [2.05, 4.69) is 0 Å². The van der Waals surface area contributed by atoms with Crippen LogP contribution >= 0.6 is 0 Å². The van der Waals surface area contributed by atoms with Crippen molar-refractivity contribution in [2.45, 2.75) is 262 Å². The minimum Gasteiger partial charge on any atom is -0.507 e. The number of hydrogen-bond acceptors (Lipinski definition) is 26. The van der Waals surface area contributed by atoms with Crippen molar-refractivity contribution in [3.8, 4) is 17.2 Å². The van der Waals surface area contributed by atoms with E-state index < -0.39 is 194 Å². The number of ether oxygens (including phenoxy) is 14. The number of phenols is 2. The summed E-state index contributed by atoms with van der Waals surface area (Å²) < 4.78 is 84.7. The first-order valence-electron chi connectivity index (χ1n) is 29.1. The number of esters is 2. The quantitative estimate of drug-likeness (QED) is 0.0935. The number of fused-ring (bicyclic) bond motifs is 2. The molecule has 8 N–H and O–H groups in total. The molecular weight excluding hydrogens is 1120 g/mol. The standard InChI is InChI=1S/C59H86O26/c1-22(2)58(70)85-57-29(9)78-43(21-59(57,11)71)82-37-18-40(74-25(5)49(37)66)81-36-19-42(75-26(6)48(36)65)84-56-33(55(73-13)52(69)47(64)24(4)60)15-31-14-32-16-35(23(3)46(63)44(32)50(67)45(31)51(56)68)80-41-20-38(54(28(8)77-41)79-30(10)61)83-39-17-34(62)53(72-12)27(7)76-39/h14,16,22,24-29,33-34,36-43,47-49,53-57,60,62-67,71H,15,17-21H2,1-13H3/t24-,25-,26-,27-,28-,29+,33?,34-,36-,37-,38-,39-,40+,41+,42+,43+,47+,48-,49-,53+,54+,55+,56+,57+,59+/m1/s1. The highest BCUT2D eigenvalue weighted by atomic mass is 16.7. The van der Waals surface area contributed by atoms with E-state index >= 15 is 4.79 Å². The van der Waals surface area contributed by atoms with Gasteiger partial charge in [-0.25, -0.2) is 0 Å². The van der Waals surface area contributed by atoms with E-state index in [9.17, 15) is 55.2 Å². The molecule has 6 aliphatic rings. The molecule has 25 atom stereocenters. The van der Waals surface area contributed by atoms with E-state index in [4.69, 9.17) is 66.3 Å². The molecule has 26 nitrogen and oxygen atoms in total. The molecule has 2 aromatic rings. The van der Waals surface area contributed by atoms with E-state index in [-0.39, 0.29) is 71.7 Å². The predicted molar refractivity (Wildman–Crippen MR) is 292 cm³/mol. The Morgan fingerprint density at radius 1 is 0.694 bits per heavy atom. The lowest BCUT2D eigenvalue weighted by Gasteiger charge is -2.47. The van der Waals surface area contributed by atoms with Crippen molar-refractivity contribution >= 4 is 34.3 Å². The summed E-state index contributed by atoms with van der Waals surface area (Å²) >= 11 is 0. The molecule has 5 heterocycles. The molecule has 5 saturated heterocycles. The number of aliphatic hydroxyl groups is 6. The van der Waals surface area contributed by atoms with Crippen molar-refractivity contribution in [3.63, 3.8) is 0 Å². The fourth-order valence-electron chi connectivity index (χ4n) is 12.5. The highest BCUT2D eigenvalue weighted by Gasteiger charge is 2.53. The molecule has 478 valence electrons. The summed E-state index contributed by atoms with van der Waals surface area (Å²) in [6.45, 7) is 17.0. The second kappa shape index (κ2) is 27.2. The summed E-state index contributed by atoms with van der Waals surface area (Å²) in [7, 11) is 2.65. The van der Waals surface area contributed by atoms with E-state index in [0.29, 0.717) is 0 Å². The summed E-state index contributed by atoms with van der Waals surface area (Å²) in [5.41, 5.74) is -1.53. The summed E-state index contributed by atoms with van der Waals surface area (Å²) in [6, 6.07) is 3.04. The third-order valence-corrected chi connectivity index (χ3v) is 17.1. The maximum atomic E-state index is 15.2. The van der Waals surface area contributed by atoms with Gasteiger partial charge in [0.2, 0.25) is 6.29 Å². The fourth-order valence-corrected chi connectivity index (χ4v) is 12.5. The lowest BCUT2D eigenvalue weighted by molar-refractivity contribution is -0.334. The molecular formula is C59H86O26. The molecule has 1 aliphatic carbocycles. The van der Waals surface area contributed by atoms with Crippen LogP contribution in [0.1, 0.15) is 123 Å². The normalized spacial score (nSPS) is 39.2. The molecule has 1 unspecified atom stereocenters. The minimum atomic E-state index is -1.96. The topological polar surface area (TPSA) is 359 Å². The Balaban J connectivity index is 1.03. The molecule has 8 rings (SSSR count). The van der Waals surface area contributed by atoms with Gasteiger partial charge in [0.05, 0.1) is 71.8 Å². The second-order valence-corrected chi connectivity index (χ2v) is 24.1. The monoisotopic (exact) mass is 1210 g/mol. The number of rotatable bonds is 19. The number of aliphatic hydroxyl groups excluding tert-OH is 5. The van der Waals surface area contributed by atoms with Crippen molar-refractivity contribution in [1.29, 1.82) is 0 Å². The maximum Gasteiger partial charge on any atom is 0.308 e.